The Morgan fingerprint density at radius 1 is 1.53 bits per heavy atom. The number of aryl methyl sites for hydroxylation is 1. The Kier molecular flexibility index (Phi) is 6.04. The number of hydrogen-bond acceptors (Lipinski definition) is 5. The molecular formula is C8H8N3O3Y-. The van der Waals surface area contributed by atoms with E-state index in [9.17, 15) is 5.11 Å². The van der Waals surface area contributed by atoms with Gasteiger partial charge in [0.15, 0.2) is 0 Å². The predicted molar refractivity (Wildman–Crippen MR) is 51.5 cm³/mol. The molecule has 6 nitrogen and oxygen atoms in total. The standard InChI is InChI=1S/C8H8N2O.HNO2.Y/c1-10-5-3-6-7(11)2-4-9-8(6)10;2-1-3;/h2-5H,1H3,(H,9,11);(H,2,3);/p-1. The van der Waals surface area contributed by atoms with E-state index in [1.165, 1.54) is 0 Å². The minimum Gasteiger partial charge on any atom is -0.507 e. The molecule has 0 bridgehead atoms. The molecule has 77 valence electrons. The minimum atomic E-state index is 0. The van der Waals surface area contributed by atoms with Gasteiger partial charge in [-0.05, 0) is 12.1 Å². The quantitative estimate of drug-likeness (QED) is 0.586. The third-order valence-corrected chi connectivity index (χ3v) is 1.74. The molecule has 0 amide bonds. The van der Waals surface area contributed by atoms with Crippen LogP contribution in [0.15, 0.2) is 29.9 Å². The van der Waals surface area contributed by atoms with Crippen LogP contribution in [0.2, 0.25) is 0 Å². The molecule has 0 saturated heterocycles. The topological polar surface area (TPSA) is 90.5 Å². The van der Waals surface area contributed by atoms with Gasteiger partial charge in [0.2, 0.25) is 0 Å². The molecule has 0 aromatic carbocycles. The van der Waals surface area contributed by atoms with E-state index in [1.54, 1.807) is 12.3 Å². The summed E-state index contributed by atoms with van der Waals surface area (Å²) in [6, 6.07) is 3.43. The molecule has 0 unspecified atom stereocenters. The molecule has 0 spiro atoms. The summed E-state index contributed by atoms with van der Waals surface area (Å²) in [5.74, 6) is 0.288. The Labute approximate surface area is 111 Å². The smallest absolute Gasteiger partial charge is 0.143 e. The second-order valence-corrected chi connectivity index (χ2v) is 2.57. The van der Waals surface area contributed by atoms with Crippen LogP contribution in [0.3, 0.4) is 0 Å². The summed E-state index contributed by atoms with van der Waals surface area (Å²) < 4.78 is 1.87. The number of pyridine rings is 1. The summed E-state index contributed by atoms with van der Waals surface area (Å²) in [5.41, 5.74) is 0.810. The van der Waals surface area contributed by atoms with Gasteiger partial charge in [0.25, 0.3) is 0 Å². The van der Waals surface area contributed by atoms with Crippen LogP contribution >= 0.6 is 0 Å². The van der Waals surface area contributed by atoms with Crippen LogP contribution in [0.5, 0.6) is 5.75 Å². The van der Waals surface area contributed by atoms with E-state index in [0.29, 0.717) is 0 Å². The first-order valence-electron chi connectivity index (χ1n) is 3.74. The molecular weight excluding hydrogens is 275 g/mol. The zero-order chi connectivity index (χ0) is 10.6. The van der Waals surface area contributed by atoms with Crippen LogP contribution in [0.1, 0.15) is 0 Å². The van der Waals surface area contributed by atoms with Crippen molar-refractivity contribution in [3.05, 3.63) is 34.6 Å². The van der Waals surface area contributed by atoms with Crippen molar-refractivity contribution in [2.45, 2.75) is 0 Å². The van der Waals surface area contributed by atoms with Crippen LogP contribution < -0.4 is 0 Å². The Bertz CT molecular complexity index is 444. The Morgan fingerprint density at radius 3 is 2.67 bits per heavy atom. The van der Waals surface area contributed by atoms with E-state index in [4.69, 9.17) is 10.1 Å². The van der Waals surface area contributed by atoms with Crippen LogP contribution in [-0.2, 0) is 39.8 Å². The van der Waals surface area contributed by atoms with Crippen molar-refractivity contribution in [1.29, 1.82) is 0 Å². The number of fused-ring (bicyclic) bond motifs is 1. The van der Waals surface area contributed by atoms with Gasteiger partial charge in [-0.15, -0.1) is 5.34 Å². The Balaban J connectivity index is 0.000000443. The normalized spacial score (nSPS) is 8.60. The molecule has 0 aliphatic carbocycles. The fourth-order valence-electron chi connectivity index (χ4n) is 1.15. The van der Waals surface area contributed by atoms with Crippen molar-refractivity contribution >= 4 is 11.0 Å². The largest absolute Gasteiger partial charge is 0.507 e. The van der Waals surface area contributed by atoms with Gasteiger partial charge < -0.3 is 19.8 Å². The van der Waals surface area contributed by atoms with Gasteiger partial charge in [0, 0.05) is 52.2 Å². The maximum Gasteiger partial charge on any atom is 0.143 e. The number of hydrogen-bond donors (Lipinski definition) is 1. The van der Waals surface area contributed by atoms with Crippen molar-refractivity contribution < 1.29 is 37.8 Å². The van der Waals surface area contributed by atoms with E-state index < -0.39 is 0 Å². The summed E-state index contributed by atoms with van der Waals surface area (Å²) >= 11 is 0. The molecule has 1 N–H and O–H groups in total. The van der Waals surface area contributed by atoms with Crippen molar-refractivity contribution in [3.8, 4) is 5.75 Å². The first-order chi connectivity index (χ1) is 6.70. The first-order valence-corrected chi connectivity index (χ1v) is 3.74. The molecule has 2 heterocycles. The zero-order valence-electron chi connectivity index (χ0n) is 7.99. The van der Waals surface area contributed by atoms with Gasteiger partial charge in [-0.3, -0.25) is 0 Å². The van der Waals surface area contributed by atoms with Gasteiger partial charge >= 0.3 is 0 Å². The molecule has 2 aromatic heterocycles. The van der Waals surface area contributed by atoms with Crippen LogP contribution in [0.25, 0.3) is 11.0 Å². The maximum atomic E-state index is 9.33. The Morgan fingerprint density at radius 2 is 2.13 bits per heavy atom. The van der Waals surface area contributed by atoms with E-state index in [1.807, 2.05) is 23.9 Å². The molecule has 2 rings (SSSR count). The van der Waals surface area contributed by atoms with Gasteiger partial charge in [-0.2, -0.15) is 0 Å². The summed E-state index contributed by atoms with van der Waals surface area (Å²) in [6.07, 6.45) is 3.47. The summed E-state index contributed by atoms with van der Waals surface area (Å²) in [5, 5.41) is 19.1. The molecule has 1 radical (unpaired) electrons. The number of nitrogens with zero attached hydrogens (tertiary/aromatic N) is 3. The minimum absolute atomic E-state index is 0. The number of aromatic nitrogens is 2. The van der Waals surface area contributed by atoms with E-state index >= 15 is 0 Å². The molecule has 0 atom stereocenters. The maximum absolute atomic E-state index is 9.33. The number of rotatable bonds is 0. The van der Waals surface area contributed by atoms with Crippen molar-refractivity contribution in [3.63, 3.8) is 0 Å². The SMILES string of the molecule is Cn1ccc2c(O)ccnc21.O=N[O-].[Y]. The fourth-order valence-corrected chi connectivity index (χ4v) is 1.15. The monoisotopic (exact) mass is 283 g/mol. The van der Waals surface area contributed by atoms with Crippen molar-refractivity contribution in [2.75, 3.05) is 0 Å². The predicted octanol–water partition coefficient (Wildman–Crippen LogP) is 1.53. The van der Waals surface area contributed by atoms with Crippen molar-refractivity contribution in [2.24, 2.45) is 12.4 Å². The summed E-state index contributed by atoms with van der Waals surface area (Å²) in [6.45, 7) is 0. The van der Waals surface area contributed by atoms with Gasteiger partial charge in [-0.25, -0.2) is 4.98 Å². The average molecular weight is 283 g/mol. The molecule has 0 aliphatic heterocycles. The molecule has 0 saturated carbocycles. The molecule has 15 heavy (non-hydrogen) atoms. The van der Waals surface area contributed by atoms with Gasteiger partial charge in [0.1, 0.15) is 11.4 Å². The average Bonchev–Trinajstić information content (AvgIpc) is 2.51. The molecule has 2 aromatic rings. The van der Waals surface area contributed by atoms with Crippen LogP contribution in [0, 0.1) is 10.1 Å². The van der Waals surface area contributed by atoms with E-state index in [-0.39, 0.29) is 38.5 Å². The summed E-state index contributed by atoms with van der Waals surface area (Å²) in [4.78, 5) is 12.1. The van der Waals surface area contributed by atoms with E-state index in [0.717, 1.165) is 16.4 Å². The second-order valence-electron chi connectivity index (χ2n) is 2.57. The number of aromatic hydroxyl groups is 1. The third-order valence-electron chi connectivity index (χ3n) is 1.74. The Hall–Kier alpha value is -1.01. The molecule has 0 aliphatic rings. The second kappa shape index (κ2) is 6.47. The van der Waals surface area contributed by atoms with Crippen LogP contribution in [0.4, 0.5) is 0 Å². The van der Waals surface area contributed by atoms with Gasteiger partial charge in [0.05, 0.1) is 5.39 Å². The van der Waals surface area contributed by atoms with E-state index in [2.05, 4.69) is 4.98 Å². The molecule has 7 heteroatoms. The van der Waals surface area contributed by atoms with Gasteiger partial charge in [-0.1, -0.05) is 0 Å². The summed E-state index contributed by atoms with van der Waals surface area (Å²) in [7, 11) is 1.90. The first kappa shape index (κ1) is 14.0. The molecule has 0 fully saturated rings. The zero-order valence-corrected chi connectivity index (χ0v) is 10.8. The third kappa shape index (κ3) is 3.25. The fraction of sp³-hybridized carbons (Fsp3) is 0.125. The van der Waals surface area contributed by atoms with Crippen LogP contribution in [-0.4, -0.2) is 14.7 Å². The van der Waals surface area contributed by atoms with Crippen molar-refractivity contribution in [1.82, 2.24) is 9.55 Å².